The van der Waals surface area contributed by atoms with E-state index in [1.165, 1.54) is 23.1 Å². The Morgan fingerprint density at radius 2 is 2.27 bits per heavy atom. The van der Waals surface area contributed by atoms with E-state index in [1.54, 1.807) is 0 Å². The number of nitrogens with zero attached hydrogens (tertiary/aromatic N) is 3. The molecule has 0 saturated carbocycles. The molecular weight excluding hydrogens is 368 g/mol. The van der Waals surface area contributed by atoms with Crippen LogP contribution in [0, 0.1) is 6.92 Å². The molecule has 8 heteroatoms. The maximum absolute atomic E-state index is 12.8. The predicted molar refractivity (Wildman–Crippen MR) is 102 cm³/mol. The monoisotopic (exact) mass is 386 g/mol. The van der Waals surface area contributed by atoms with Crippen molar-refractivity contribution < 1.29 is 9.53 Å². The van der Waals surface area contributed by atoms with Crippen LogP contribution in [0.3, 0.4) is 0 Å². The van der Waals surface area contributed by atoms with Gasteiger partial charge in [0, 0.05) is 18.5 Å². The summed E-state index contributed by atoms with van der Waals surface area (Å²) in [5.41, 5.74) is 1.42. The van der Waals surface area contributed by atoms with E-state index in [9.17, 15) is 4.79 Å². The Balaban J connectivity index is 1.61. The number of aryl methyl sites for hydroxylation is 1. The summed E-state index contributed by atoms with van der Waals surface area (Å²) in [6, 6.07) is 9.51. The van der Waals surface area contributed by atoms with Gasteiger partial charge in [-0.15, -0.1) is 10.2 Å². The van der Waals surface area contributed by atoms with Crippen LogP contribution in [-0.4, -0.2) is 40.3 Å². The molecule has 1 N–H and O–H groups in total. The Labute approximate surface area is 159 Å². The number of carbonyl (C=O) groups excluding carboxylic acids is 1. The largest absolute Gasteiger partial charge is 0.376 e. The van der Waals surface area contributed by atoms with Crippen LogP contribution < -0.4 is 5.32 Å². The number of hydrogen-bond donors (Lipinski definition) is 1. The summed E-state index contributed by atoms with van der Waals surface area (Å²) in [7, 11) is 0. The van der Waals surface area contributed by atoms with Crippen LogP contribution >= 0.6 is 23.1 Å². The van der Waals surface area contributed by atoms with Crippen LogP contribution in [-0.2, 0) is 4.74 Å². The Morgan fingerprint density at radius 1 is 1.38 bits per heavy atom. The highest BCUT2D eigenvalue weighted by molar-refractivity contribution is 8.01. The summed E-state index contributed by atoms with van der Waals surface area (Å²) >= 11 is 2.94. The minimum Gasteiger partial charge on any atom is -0.376 e. The molecule has 1 aromatic carbocycles. The van der Waals surface area contributed by atoms with Gasteiger partial charge in [-0.25, -0.2) is 4.98 Å². The average Bonchev–Trinajstić information content (AvgIpc) is 3.31. The zero-order chi connectivity index (χ0) is 17.9. The molecule has 134 valence electrons. The molecule has 0 radical (unpaired) electrons. The standard InChI is InChI=1S/C18H18N4O2S2/c1-11-21-22-18(25-11)26-16-9-14(13-6-2-3-7-15(13)20-16)17(23)19-10-12-5-4-8-24-12/h2-3,6-7,9,12H,4-5,8,10H2,1H3,(H,19,23)/t12-/m1/s1. The molecule has 3 aromatic rings. The molecule has 1 saturated heterocycles. The molecule has 0 unspecified atom stereocenters. The van der Waals surface area contributed by atoms with E-state index in [-0.39, 0.29) is 12.0 Å². The SMILES string of the molecule is Cc1nnc(Sc2cc(C(=O)NC[C@H]3CCCO3)c3ccccc3n2)s1. The van der Waals surface area contributed by atoms with E-state index in [0.717, 1.165) is 44.7 Å². The van der Waals surface area contributed by atoms with Gasteiger partial charge in [-0.2, -0.15) is 0 Å². The van der Waals surface area contributed by atoms with Crippen LogP contribution in [0.1, 0.15) is 28.2 Å². The number of amides is 1. The van der Waals surface area contributed by atoms with Gasteiger partial charge in [0.2, 0.25) is 0 Å². The molecule has 1 fully saturated rings. The fourth-order valence-corrected chi connectivity index (χ4v) is 4.69. The minimum absolute atomic E-state index is 0.102. The molecule has 1 atom stereocenters. The Hall–Kier alpha value is -2.03. The van der Waals surface area contributed by atoms with Crippen molar-refractivity contribution in [3.63, 3.8) is 0 Å². The van der Waals surface area contributed by atoms with Crippen molar-refractivity contribution in [2.75, 3.05) is 13.2 Å². The van der Waals surface area contributed by atoms with Crippen molar-refractivity contribution in [2.45, 2.75) is 35.2 Å². The van der Waals surface area contributed by atoms with Crippen LogP contribution in [0.5, 0.6) is 0 Å². The summed E-state index contributed by atoms with van der Waals surface area (Å²) in [5.74, 6) is -0.102. The van der Waals surface area contributed by atoms with Crippen LogP contribution in [0.25, 0.3) is 10.9 Å². The molecule has 4 rings (SSSR count). The van der Waals surface area contributed by atoms with Crippen LogP contribution in [0.15, 0.2) is 39.7 Å². The third-order valence-electron chi connectivity index (χ3n) is 4.15. The lowest BCUT2D eigenvalue weighted by Crippen LogP contribution is -2.31. The van der Waals surface area contributed by atoms with E-state index >= 15 is 0 Å². The number of fused-ring (bicyclic) bond motifs is 1. The summed E-state index contributed by atoms with van der Waals surface area (Å²) in [5, 5.41) is 13.6. The van der Waals surface area contributed by atoms with Gasteiger partial charge in [0.05, 0.1) is 17.2 Å². The normalized spacial score (nSPS) is 16.9. The molecule has 1 aliphatic heterocycles. The second-order valence-corrected chi connectivity index (χ2v) is 8.51. The first kappa shape index (κ1) is 17.4. The van der Waals surface area contributed by atoms with Crippen molar-refractivity contribution in [1.29, 1.82) is 0 Å². The van der Waals surface area contributed by atoms with E-state index in [1.807, 2.05) is 37.3 Å². The zero-order valence-corrected chi connectivity index (χ0v) is 15.9. The molecule has 3 heterocycles. The summed E-state index contributed by atoms with van der Waals surface area (Å²) in [4.78, 5) is 17.5. The summed E-state index contributed by atoms with van der Waals surface area (Å²) in [6.07, 6.45) is 2.17. The number of ether oxygens (including phenoxy) is 1. The topological polar surface area (TPSA) is 77.0 Å². The third-order valence-corrected chi connectivity index (χ3v) is 5.96. The highest BCUT2D eigenvalue weighted by atomic mass is 32.2. The molecule has 0 spiro atoms. The minimum atomic E-state index is -0.102. The van der Waals surface area contributed by atoms with Gasteiger partial charge in [0.1, 0.15) is 10.0 Å². The molecule has 0 aliphatic carbocycles. The second-order valence-electron chi connectivity index (χ2n) is 6.06. The van der Waals surface area contributed by atoms with E-state index in [4.69, 9.17) is 4.74 Å². The molecule has 1 aliphatic rings. The number of para-hydroxylation sites is 1. The number of pyridine rings is 1. The first-order valence-corrected chi connectivity index (χ1v) is 10.1. The Bertz CT molecular complexity index is 938. The molecule has 0 bridgehead atoms. The molecule has 2 aromatic heterocycles. The lowest BCUT2D eigenvalue weighted by Gasteiger charge is -2.12. The van der Waals surface area contributed by atoms with Gasteiger partial charge in [0.15, 0.2) is 4.34 Å². The van der Waals surface area contributed by atoms with Crippen molar-refractivity contribution >= 4 is 39.9 Å². The molecule has 1 amide bonds. The van der Waals surface area contributed by atoms with Crippen molar-refractivity contribution in [3.05, 3.63) is 40.9 Å². The second kappa shape index (κ2) is 7.69. The lowest BCUT2D eigenvalue weighted by atomic mass is 10.1. The van der Waals surface area contributed by atoms with Crippen molar-refractivity contribution in [3.8, 4) is 0 Å². The molecule has 26 heavy (non-hydrogen) atoms. The fraction of sp³-hybridized carbons (Fsp3) is 0.333. The average molecular weight is 387 g/mol. The van der Waals surface area contributed by atoms with Gasteiger partial charge in [0.25, 0.3) is 5.91 Å². The number of rotatable bonds is 5. The van der Waals surface area contributed by atoms with E-state index < -0.39 is 0 Å². The van der Waals surface area contributed by atoms with Gasteiger partial charge < -0.3 is 10.1 Å². The summed E-state index contributed by atoms with van der Waals surface area (Å²) in [6.45, 7) is 3.23. The maximum atomic E-state index is 12.8. The quantitative estimate of drug-likeness (QED) is 0.724. The smallest absolute Gasteiger partial charge is 0.252 e. The van der Waals surface area contributed by atoms with Gasteiger partial charge in [-0.1, -0.05) is 29.5 Å². The Kier molecular flexibility index (Phi) is 5.14. The van der Waals surface area contributed by atoms with Crippen LogP contribution in [0.2, 0.25) is 0 Å². The number of carbonyl (C=O) groups is 1. The fourth-order valence-electron chi connectivity index (χ4n) is 2.91. The van der Waals surface area contributed by atoms with Crippen LogP contribution in [0.4, 0.5) is 0 Å². The van der Waals surface area contributed by atoms with Gasteiger partial charge >= 0.3 is 0 Å². The van der Waals surface area contributed by atoms with Gasteiger partial charge in [-0.05, 0) is 43.7 Å². The third kappa shape index (κ3) is 3.87. The Morgan fingerprint density at radius 3 is 3.04 bits per heavy atom. The van der Waals surface area contributed by atoms with Crippen molar-refractivity contribution in [2.24, 2.45) is 0 Å². The zero-order valence-electron chi connectivity index (χ0n) is 14.3. The predicted octanol–water partition coefficient (Wildman–Crippen LogP) is 3.45. The highest BCUT2D eigenvalue weighted by Crippen LogP contribution is 2.31. The van der Waals surface area contributed by atoms with Gasteiger partial charge in [-0.3, -0.25) is 4.79 Å². The lowest BCUT2D eigenvalue weighted by molar-refractivity contribution is 0.0859. The number of aromatic nitrogens is 3. The van der Waals surface area contributed by atoms with E-state index in [2.05, 4.69) is 20.5 Å². The number of hydrogen-bond acceptors (Lipinski definition) is 7. The summed E-state index contributed by atoms with van der Waals surface area (Å²) < 4.78 is 6.40. The first-order valence-electron chi connectivity index (χ1n) is 8.46. The number of benzene rings is 1. The maximum Gasteiger partial charge on any atom is 0.252 e. The molecular formula is C18H18N4O2S2. The highest BCUT2D eigenvalue weighted by Gasteiger charge is 2.19. The van der Waals surface area contributed by atoms with Crippen molar-refractivity contribution in [1.82, 2.24) is 20.5 Å². The first-order chi connectivity index (χ1) is 12.7. The molecule has 6 nitrogen and oxygen atoms in total. The number of nitrogens with one attached hydrogen (secondary N) is 1. The van der Waals surface area contributed by atoms with E-state index in [0.29, 0.717) is 12.1 Å².